The zero-order valence-corrected chi connectivity index (χ0v) is 28.1. The second-order valence-corrected chi connectivity index (χ2v) is 15.2. The fourth-order valence-corrected chi connectivity index (χ4v) is 8.14. The number of nitrogens with one attached hydrogen (secondary N) is 2. The number of phosphoric acid groups is 2. The van der Waals surface area contributed by atoms with Crippen molar-refractivity contribution in [1.82, 2.24) is 19.1 Å². The SMILES string of the molecule is Cc1cn([C@H]2CC(F)[C@@H](COP3(=O)OCc4cc5c(cc4O3)COP(=O)(OC[C@H]3O[C@@H](n4cc(C)c(=O)[nH]c4=O)CC3F)O5)O2)c(=O)[nH]c1=O. The van der Waals surface area contributed by atoms with Gasteiger partial charge >= 0.3 is 27.0 Å². The molecule has 0 spiro atoms. The summed E-state index contributed by atoms with van der Waals surface area (Å²) in [5.41, 5.74) is -1.59. The number of aromatic nitrogens is 4. The van der Waals surface area contributed by atoms with Crippen molar-refractivity contribution in [2.75, 3.05) is 13.2 Å². The molecule has 18 nitrogen and oxygen atoms in total. The van der Waals surface area contributed by atoms with Gasteiger partial charge < -0.3 is 18.5 Å². The molecular formula is C28H30F2N4O14P2. The number of aryl methyl sites for hydroxylation is 2. The second kappa shape index (κ2) is 13.1. The van der Waals surface area contributed by atoms with Crippen LogP contribution in [0.1, 0.15) is 47.6 Å². The largest absolute Gasteiger partial charge is 0.530 e. The number of benzene rings is 1. The van der Waals surface area contributed by atoms with Crippen LogP contribution in [0.15, 0.2) is 43.7 Å². The van der Waals surface area contributed by atoms with Crippen molar-refractivity contribution >= 4 is 15.6 Å². The maximum atomic E-state index is 14.8. The van der Waals surface area contributed by atoms with Gasteiger partial charge in [-0.15, -0.1) is 0 Å². The smallest absolute Gasteiger partial charge is 0.404 e. The highest BCUT2D eigenvalue weighted by Gasteiger charge is 2.44. The van der Waals surface area contributed by atoms with Crippen LogP contribution in [0.3, 0.4) is 0 Å². The summed E-state index contributed by atoms with van der Waals surface area (Å²) in [6, 6.07) is 2.81. The number of halogens is 2. The van der Waals surface area contributed by atoms with E-state index in [0.717, 1.165) is 9.13 Å². The van der Waals surface area contributed by atoms with Crippen LogP contribution < -0.4 is 31.5 Å². The number of alkyl halides is 2. The number of H-pyrrole nitrogens is 2. The van der Waals surface area contributed by atoms with E-state index in [1.54, 1.807) is 0 Å². The molecule has 0 saturated carbocycles. The molecule has 50 heavy (non-hydrogen) atoms. The van der Waals surface area contributed by atoms with Crippen molar-refractivity contribution in [2.45, 2.75) is 76.9 Å². The summed E-state index contributed by atoms with van der Waals surface area (Å²) in [6.07, 6.45) is -5.70. The predicted octanol–water partition coefficient (Wildman–Crippen LogP) is 2.72. The van der Waals surface area contributed by atoms with Gasteiger partial charge in [-0.25, -0.2) is 27.5 Å². The Balaban J connectivity index is 0.953. The van der Waals surface area contributed by atoms with E-state index in [1.807, 2.05) is 0 Å². The van der Waals surface area contributed by atoms with Gasteiger partial charge in [-0.2, -0.15) is 0 Å². The van der Waals surface area contributed by atoms with Gasteiger partial charge in [0.2, 0.25) is 0 Å². The minimum atomic E-state index is -4.28. The summed E-state index contributed by atoms with van der Waals surface area (Å²) >= 11 is 0. The monoisotopic (exact) mass is 746 g/mol. The van der Waals surface area contributed by atoms with E-state index in [1.165, 1.54) is 38.4 Å². The molecule has 0 aliphatic carbocycles. The highest BCUT2D eigenvalue weighted by Crippen LogP contribution is 2.59. The Hall–Kier alpha value is -3.74. The highest BCUT2D eigenvalue weighted by molar-refractivity contribution is 7.49. The molecule has 2 fully saturated rings. The molecule has 0 radical (unpaired) electrons. The lowest BCUT2D eigenvalue weighted by Crippen LogP contribution is -2.33. The summed E-state index contributed by atoms with van der Waals surface area (Å²) in [5, 5.41) is 0. The van der Waals surface area contributed by atoms with E-state index in [4.69, 9.17) is 36.6 Å². The molecule has 8 atom stereocenters. The molecule has 4 unspecified atom stereocenters. The van der Waals surface area contributed by atoms with E-state index in [9.17, 15) is 37.1 Å². The fraction of sp³-hybridized carbons (Fsp3) is 0.500. The Morgan fingerprint density at radius 2 is 1.14 bits per heavy atom. The summed E-state index contributed by atoms with van der Waals surface area (Å²) in [5.74, 6) is 0.137. The number of hydrogen-bond donors (Lipinski definition) is 2. The molecule has 2 N–H and O–H groups in total. The Labute approximate surface area is 279 Å². The van der Waals surface area contributed by atoms with E-state index >= 15 is 0 Å². The summed E-state index contributed by atoms with van der Waals surface area (Å²) in [6.45, 7) is 1.25. The van der Waals surface area contributed by atoms with Gasteiger partial charge in [0.05, 0.1) is 26.4 Å². The van der Waals surface area contributed by atoms with E-state index < -0.39 is 88.4 Å². The van der Waals surface area contributed by atoms with Crippen molar-refractivity contribution in [3.63, 3.8) is 0 Å². The lowest BCUT2D eigenvalue weighted by atomic mass is 10.1. The maximum absolute atomic E-state index is 14.8. The molecule has 0 bridgehead atoms. The first kappa shape index (κ1) is 34.7. The molecular weight excluding hydrogens is 716 g/mol. The molecule has 4 aliphatic heterocycles. The van der Waals surface area contributed by atoms with E-state index in [-0.39, 0.29) is 48.7 Å². The topological polar surface area (TPSA) is 218 Å². The van der Waals surface area contributed by atoms with Crippen molar-refractivity contribution in [3.05, 3.63) is 88.5 Å². The van der Waals surface area contributed by atoms with Crippen LogP contribution in [0, 0.1) is 13.8 Å². The lowest BCUT2D eigenvalue weighted by molar-refractivity contribution is -0.0373. The van der Waals surface area contributed by atoms with Crippen LogP contribution in [0.2, 0.25) is 0 Å². The molecule has 0 amide bonds. The maximum Gasteiger partial charge on any atom is 0.530 e. The van der Waals surface area contributed by atoms with Gasteiger partial charge in [0.25, 0.3) is 11.1 Å². The molecule has 6 heterocycles. The number of fused-ring (bicyclic) bond motifs is 2. The number of ether oxygens (including phenoxy) is 2. The molecule has 3 aromatic rings. The Morgan fingerprint density at radius 1 is 0.740 bits per heavy atom. The number of hydrogen-bond acceptors (Lipinski definition) is 14. The first-order valence-electron chi connectivity index (χ1n) is 15.3. The number of rotatable bonds is 8. The summed E-state index contributed by atoms with van der Waals surface area (Å²) in [4.78, 5) is 52.0. The quantitative estimate of drug-likeness (QED) is 0.317. The third kappa shape index (κ3) is 6.81. The third-order valence-electron chi connectivity index (χ3n) is 8.45. The zero-order chi connectivity index (χ0) is 35.5. The number of nitrogens with zero attached hydrogens (tertiary/aromatic N) is 2. The second-order valence-electron chi connectivity index (χ2n) is 12.0. The number of phosphoric ester groups is 2. The zero-order valence-electron chi connectivity index (χ0n) is 26.3. The molecule has 2 aromatic heterocycles. The van der Waals surface area contributed by atoms with E-state index in [2.05, 4.69) is 9.97 Å². The van der Waals surface area contributed by atoms with Gasteiger partial charge in [0, 0.05) is 47.5 Å². The Kier molecular flexibility index (Phi) is 9.09. The molecule has 1 aromatic carbocycles. The van der Waals surface area contributed by atoms with Crippen molar-refractivity contribution < 1.29 is 54.5 Å². The average Bonchev–Trinajstić information content (AvgIpc) is 3.62. The first-order valence-corrected chi connectivity index (χ1v) is 18.2. The Morgan fingerprint density at radius 3 is 1.54 bits per heavy atom. The van der Waals surface area contributed by atoms with Crippen LogP contribution in [0.4, 0.5) is 8.78 Å². The van der Waals surface area contributed by atoms with Gasteiger partial charge in [-0.3, -0.25) is 46.8 Å². The van der Waals surface area contributed by atoms with Crippen LogP contribution in [-0.2, 0) is 49.9 Å². The van der Waals surface area contributed by atoms with Crippen LogP contribution in [-0.4, -0.2) is 56.9 Å². The van der Waals surface area contributed by atoms with Gasteiger partial charge in [-0.05, 0) is 26.0 Å². The van der Waals surface area contributed by atoms with Crippen LogP contribution >= 0.6 is 15.6 Å². The van der Waals surface area contributed by atoms with Crippen LogP contribution in [0.25, 0.3) is 0 Å². The van der Waals surface area contributed by atoms with Gasteiger partial charge in [-0.1, -0.05) is 0 Å². The highest BCUT2D eigenvalue weighted by atomic mass is 31.2. The minimum absolute atomic E-state index is 0.0684. The van der Waals surface area contributed by atoms with Crippen molar-refractivity contribution in [2.24, 2.45) is 0 Å². The molecule has 2 saturated heterocycles. The molecule has 22 heteroatoms. The summed E-state index contributed by atoms with van der Waals surface area (Å²) in [7, 11) is -8.56. The third-order valence-corrected chi connectivity index (χ3v) is 11.1. The van der Waals surface area contributed by atoms with Crippen molar-refractivity contribution in [3.8, 4) is 11.5 Å². The Bertz CT molecular complexity index is 2020. The first-order chi connectivity index (χ1) is 23.7. The standard InChI is InChI=1S/C28H30F2N4O14P2/c1-13-7-33(27(37)31-25(13)35)23-5-17(29)21(45-23)11-43-49(39)41-9-15-4-20-16(3-19(15)47-49)10-42-50(40,48-20)44-12-22-18(30)6-24(46-22)34-8-14(2)26(36)32-28(34)38/h3-4,7-8,17-18,21-24H,5-6,9-12H2,1-2H3,(H,31,35,37)(H,32,36,38)/t17?,18?,21-,22-,23-,24-,49?,50?/m1/s1. The average molecular weight is 747 g/mol. The molecule has 7 rings (SSSR count). The van der Waals surface area contributed by atoms with E-state index in [0.29, 0.717) is 11.1 Å². The molecule has 4 aliphatic rings. The summed E-state index contributed by atoms with van der Waals surface area (Å²) < 4.78 is 102. The molecule has 270 valence electrons. The number of aromatic amines is 2. The fourth-order valence-electron chi connectivity index (χ4n) is 5.71. The lowest BCUT2D eigenvalue weighted by Gasteiger charge is -2.29. The predicted molar refractivity (Wildman–Crippen MR) is 163 cm³/mol. The minimum Gasteiger partial charge on any atom is -0.404 e. The normalized spacial score (nSPS) is 31.8. The van der Waals surface area contributed by atoms with Crippen molar-refractivity contribution in [1.29, 1.82) is 0 Å². The van der Waals surface area contributed by atoms with Crippen LogP contribution in [0.5, 0.6) is 11.5 Å². The van der Waals surface area contributed by atoms with Gasteiger partial charge in [0.1, 0.15) is 48.5 Å². The van der Waals surface area contributed by atoms with Gasteiger partial charge in [0.15, 0.2) is 0 Å².